The summed E-state index contributed by atoms with van der Waals surface area (Å²) in [6.07, 6.45) is -4.86. The van der Waals surface area contributed by atoms with Gasteiger partial charge in [-0.3, -0.25) is 20.2 Å². The van der Waals surface area contributed by atoms with Crippen LogP contribution >= 0.6 is 0 Å². The summed E-state index contributed by atoms with van der Waals surface area (Å²) < 4.78 is 11.1. The largest absolute Gasteiger partial charge is 0.493 e. The molecule has 174 valence electrons. The molecule has 2 aromatic rings. The highest BCUT2D eigenvalue weighted by molar-refractivity contribution is 5.36. The fourth-order valence-corrected chi connectivity index (χ4v) is 2.82. The topological polar surface area (TPSA) is 191 Å². The minimum Gasteiger partial charge on any atom is -0.493 e. The number of nitrogens with two attached hydrogens (primary N) is 1. The zero-order valence-electron chi connectivity index (χ0n) is 17.0. The molecule has 0 heterocycles. The molecule has 12 heteroatoms. The van der Waals surface area contributed by atoms with Crippen molar-refractivity contribution in [1.29, 1.82) is 0 Å². The van der Waals surface area contributed by atoms with Gasteiger partial charge in [0.2, 0.25) is 0 Å². The number of benzene rings is 2. The number of ether oxygens (including phenoxy) is 2. The monoisotopic (exact) mass is 451 g/mol. The fourth-order valence-electron chi connectivity index (χ4n) is 2.82. The summed E-state index contributed by atoms with van der Waals surface area (Å²) in [6, 6.07) is 10.5. The zero-order chi connectivity index (χ0) is 23.7. The Morgan fingerprint density at radius 1 is 0.875 bits per heavy atom. The zero-order valence-corrected chi connectivity index (χ0v) is 17.0. The lowest BCUT2D eigenvalue weighted by Crippen LogP contribution is -2.44. The lowest BCUT2D eigenvalue weighted by molar-refractivity contribution is -0.385. The summed E-state index contributed by atoms with van der Waals surface area (Å²) in [7, 11) is 0. The van der Waals surface area contributed by atoms with Crippen LogP contribution in [0.3, 0.4) is 0 Å². The van der Waals surface area contributed by atoms with Crippen LogP contribution < -0.4 is 15.2 Å². The Bertz CT molecular complexity index is 877. The molecule has 0 bridgehead atoms. The number of aliphatic hydroxyl groups excluding tert-OH is 3. The van der Waals surface area contributed by atoms with E-state index in [1.165, 1.54) is 48.5 Å². The van der Waals surface area contributed by atoms with E-state index < -0.39 is 34.3 Å². The van der Waals surface area contributed by atoms with E-state index >= 15 is 0 Å². The maximum absolute atomic E-state index is 10.8. The molecule has 0 spiro atoms. The van der Waals surface area contributed by atoms with Crippen molar-refractivity contribution in [2.75, 3.05) is 13.2 Å². The molecule has 0 amide bonds. The summed E-state index contributed by atoms with van der Waals surface area (Å²) in [6.45, 7) is -0.0913. The lowest BCUT2D eigenvalue weighted by atomic mass is 10.00. The highest BCUT2D eigenvalue weighted by Gasteiger charge is 2.30. The lowest BCUT2D eigenvalue weighted by Gasteiger charge is -2.29. The third-order valence-electron chi connectivity index (χ3n) is 4.62. The van der Waals surface area contributed by atoms with Gasteiger partial charge in [0.15, 0.2) is 0 Å². The quantitative estimate of drug-likeness (QED) is 0.254. The smallest absolute Gasteiger partial charge is 0.269 e. The van der Waals surface area contributed by atoms with Crippen LogP contribution in [-0.2, 0) is 0 Å². The van der Waals surface area contributed by atoms with Crippen molar-refractivity contribution in [2.45, 2.75) is 37.3 Å². The van der Waals surface area contributed by atoms with Crippen LogP contribution in [0.5, 0.6) is 11.5 Å². The number of aliphatic hydroxyl groups is 3. The highest BCUT2D eigenvalue weighted by Crippen LogP contribution is 2.22. The van der Waals surface area contributed by atoms with Gasteiger partial charge in [-0.15, -0.1) is 0 Å². The molecular formula is C20H25N3O9. The van der Waals surface area contributed by atoms with Crippen molar-refractivity contribution in [3.63, 3.8) is 0 Å². The summed E-state index contributed by atoms with van der Waals surface area (Å²) in [4.78, 5) is 20.3. The molecule has 0 fully saturated rings. The van der Waals surface area contributed by atoms with E-state index in [-0.39, 0.29) is 43.1 Å². The Morgan fingerprint density at radius 2 is 1.38 bits per heavy atom. The van der Waals surface area contributed by atoms with Gasteiger partial charge in [0.05, 0.1) is 28.7 Å². The molecule has 2 aromatic carbocycles. The first-order valence-corrected chi connectivity index (χ1v) is 9.74. The van der Waals surface area contributed by atoms with E-state index in [9.17, 15) is 35.5 Å². The molecule has 0 saturated carbocycles. The molecule has 4 atom stereocenters. The number of nitrogens with zero attached hydrogens (tertiary/aromatic N) is 2. The van der Waals surface area contributed by atoms with Gasteiger partial charge in [-0.25, -0.2) is 0 Å². The molecular weight excluding hydrogens is 426 g/mol. The van der Waals surface area contributed by atoms with Crippen LogP contribution in [0.15, 0.2) is 48.5 Å². The van der Waals surface area contributed by atoms with Gasteiger partial charge in [0, 0.05) is 43.7 Å². The molecule has 32 heavy (non-hydrogen) atoms. The van der Waals surface area contributed by atoms with Crippen LogP contribution in [0.25, 0.3) is 0 Å². The fraction of sp³-hybridized carbons (Fsp3) is 0.400. The van der Waals surface area contributed by atoms with Crippen LogP contribution in [0.2, 0.25) is 0 Å². The summed E-state index contributed by atoms with van der Waals surface area (Å²) in [5.41, 5.74) is 5.21. The third-order valence-corrected chi connectivity index (χ3v) is 4.62. The molecule has 0 saturated heterocycles. The maximum atomic E-state index is 10.8. The minimum absolute atomic E-state index is 0.000266. The Labute approximate surface area is 183 Å². The SMILES string of the molecule is NCC(O)CC(Oc1ccc([N+](=O)[O-])cc1)C(O)C(O)CCOc1ccc([N+](=O)[O-])cc1. The number of nitro benzene ring substituents is 2. The van der Waals surface area contributed by atoms with Gasteiger partial charge in [0.25, 0.3) is 11.4 Å². The number of hydrogen-bond acceptors (Lipinski definition) is 10. The summed E-state index contributed by atoms with van der Waals surface area (Å²) >= 11 is 0. The van der Waals surface area contributed by atoms with Gasteiger partial charge < -0.3 is 30.5 Å². The number of non-ortho nitro benzene ring substituents is 2. The molecule has 0 radical (unpaired) electrons. The molecule has 0 aromatic heterocycles. The normalized spacial score (nSPS) is 14.8. The van der Waals surface area contributed by atoms with Crippen molar-refractivity contribution in [1.82, 2.24) is 0 Å². The standard InChI is InChI=1S/C20H25N3O9/c21-12-15(24)11-19(32-17-7-3-14(4-8-17)23(29)30)20(26)18(25)9-10-31-16-5-1-13(2-6-16)22(27)28/h1-8,15,18-20,24-26H,9-12,21H2. The van der Waals surface area contributed by atoms with E-state index in [4.69, 9.17) is 15.2 Å². The average Bonchev–Trinajstić information content (AvgIpc) is 2.78. The average molecular weight is 451 g/mol. The Hall–Kier alpha value is -3.32. The second kappa shape index (κ2) is 11.9. The van der Waals surface area contributed by atoms with Crippen molar-refractivity contribution < 1.29 is 34.6 Å². The Morgan fingerprint density at radius 3 is 1.84 bits per heavy atom. The number of nitro groups is 2. The Kier molecular flexibility index (Phi) is 9.28. The second-order valence-electron chi connectivity index (χ2n) is 6.98. The predicted molar refractivity (Wildman–Crippen MR) is 112 cm³/mol. The molecule has 0 aliphatic heterocycles. The van der Waals surface area contributed by atoms with Crippen LogP contribution in [-0.4, -0.2) is 62.7 Å². The van der Waals surface area contributed by atoms with Crippen molar-refractivity contribution >= 4 is 11.4 Å². The van der Waals surface area contributed by atoms with Crippen molar-refractivity contribution in [3.8, 4) is 11.5 Å². The van der Waals surface area contributed by atoms with Crippen molar-refractivity contribution in [3.05, 3.63) is 68.8 Å². The van der Waals surface area contributed by atoms with E-state index in [1.54, 1.807) is 0 Å². The predicted octanol–water partition coefficient (Wildman–Crippen LogP) is 1.15. The van der Waals surface area contributed by atoms with Gasteiger partial charge >= 0.3 is 0 Å². The van der Waals surface area contributed by atoms with E-state index in [1.807, 2.05) is 0 Å². The molecule has 0 aliphatic rings. The number of hydrogen-bond donors (Lipinski definition) is 4. The van der Waals surface area contributed by atoms with Gasteiger partial charge in [-0.2, -0.15) is 0 Å². The van der Waals surface area contributed by atoms with Crippen molar-refractivity contribution in [2.24, 2.45) is 5.73 Å². The molecule has 0 aliphatic carbocycles. The van der Waals surface area contributed by atoms with Crippen LogP contribution in [0.1, 0.15) is 12.8 Å². The first-order valence-electron chi connectivity index (χ1n) is 9.74. The molecule has 4 unspecified atom stereocenters. The second-order valence-corrected chi connectivity index (χ2v) is 6.98. The molecule has 12 nitrogen and oxygen atoms in total. The number of rotatable bonds is 13. The van der Waals surface area contributed by atoms with Gasteiger partial charge in [-0.05, 0) is 24.3 Å². The van der Waals surface area contributed by atoms with Gasteiger partial charge in [0.1, 0.15) is 23.7 Å². The maximum Gasteiger partial charge on any atom is 0.269 e. The van der Waals surface area contributed by atoms with E-state index in [0.717, 1.165) is 0 Å². The van der Waals surface area contributed by atoms with E-state index in [2.05, 4.69) is 0 Å². The highest BCUT2D eigenvalue weighted by atomic mass is 16.6. The third kappa shape index (κ3) is 7.42. The van der Waals surface area contributed by atoms with E-state index in [0.29, 0.717) is 5.75 Å². The van der Waals surface area contributed by atoms with Gasteiger partial charge in [-0.1, -0.05) is 0 Å². The first kappa shape index (κ1) is 24.9. The van der Waals surface area contributed by atoms with Crippen LogP contribution in [0.4, 0.5) is 11.4 Å². The van der Waals surface area contributed by atoms with Crippen LogP contribution in [0, 0.1) is 20.2 Å². The molecule has 5 N–H and O–H groups in total. The minimum atomic E-state index is -1.42. The first-order chi connectivity index (χ1) is 15.2. The molecule has 2 rings (SSSR count). The Balaban J connectivity index is 1.96. The summed E-state index contributed by atoms with van der Waals surface area (Å²) in [5, 5.41) is 52.2. The summed E-state index contributed by atoms with van der Waals surface area (Å²) in [5.74, 6) is 0.563.